The molecular formula is C25H28N4O3. The molecule has 2 aromatic rings. The Morgan fingerprint density at radius 1 is 1.25 bits per heavy atom. The Bertz CT molecular complexity index is 1110. The average Bonchev–Trinajstić information content (AvgIpc) is 2.79. The number of aryl methyl sites for hydroxylation is 1. The summed E-state index contributed by atoms with van der Waals surface area (Å²) in [7, 11) is 1.52. The second-order valence-electron chi connectivity index (χ2n) is 8.97. The van der Waals surface area contributed by atoms with Gasteiger partial charge < -0.3 is 15.4 Å². The summed E-state index contributed by atoms with van der Waals surface area (Å²) < 4.78 is 5.27. The molecule has 3 amide bonds. The van der Waals surface area contributed by atoms with E-state index in [0.29, 0.717) is 36.4 Å². The molecule has 2 aromatic carbocycles. The average molecular weight is 433 g/mol. The third-order valence-corrected chi connectivity index (χ3v) is 7.05. The number of hydrogen-bond acceptors (Lipinski definition) is 4. The van der Waals surface area contributed by atoms with Crippen LogP contribution in [0.15, 0.2) is 36.4 Å². The highest BCUT2D eigenvalue weighted by Gasteiger charge is 2.42. The number of methoxy groups -OCH3 is 1. The van der Waals surface area contributed by atoms with Crippen LogP contribution in [-0.4, -0.2) is 30.0 Å². The van der Waals surface area contributed by atoms with Gasteiger partial charge in [-0.25, -0.2) is 4.79 Å². The molecule has 7 heteroatoms. The monoisotopic (exact) mass is 432 g/mol. The highest BCUT2D eigenvalue weighted by molar-refractivity contribution is 6.02. The van der Waals surface area contributed by atoms with Gasteiger partial charge in [-0.15, -0.1) is 0 Å². The fraction of sp³-hybridized carbons (Fsp3) is 0.400. The molecule has 1 heterocycles. The summed E-state index contributed by atoms with van der Waals surface area (Å²) in [6.07, 6.45) is 2.79. The lowest BCUT2D eigenvalue weighted by Gasteiger charge is -2.45. The van der Waals surface area contributed by atoms with Crippen LogP contribution in [0.1, 0.15) is 49.3 Å². The van der Waals surface area contributed by atoms with E-state index in [0.717, 1.165) is 29.7 Å². The molecular weight excluding hydrogens is 404 g/mol. The van der Waals surface area contributed by atoms with Crippen LogP contribution in [0.3, 0.4) is 0 Å². The highest BCUT2D eigenvalue weighted by Crippen LogP contribution is 2.42. The molecule has 0 aromatic heterocycles. The number of hydrogen-bond donors (Lipinski definition) is 1. The Kier molecular flexibility index (Phi) is 5.55. The number of amides is 3. The normalized spacial score (nSPS) is 22.8. The first-order chi connectivity index (χ1) is 15.3. The second kappa shape index (κ2) is 8.19. The third kappa shape index (κ3) is 3.56. The fourth-order valence-corrected chi connectivity index (χ4v) is 4.83. The van der Waals surface area contributed by atoms with Gasteiger partial charge in [0.05, 0.1) is 30.6 Å². The molecule has 1 aliphatic carbocycles. The predicted octanol–water partition coefficient (Wildman–Crippen LogP) is 4.38. The number of fused-ring (bicyclic) bond motifs is 1. The van der Waals surface area contributed by atoms with Crippen molar-refractivity contribution >= 4 is 23.3 Å². The summed E-state index contributed by atoms with van der Waals surface area (Å²) >= 11 is 0. The zero-order valence-electron chi connectivity index (χ0n) is 18.7. The van der Waals surface area contributed by atoms with E-state index in [-0.39, 0.29) is 18.0 Å². The minimum absolute atomic E-state index is 0.0267. The molecule has 1 saturated carbocycles. The number of rotatable bonds is 4. The van der Waals surface area contributed by atoms with E-state index in [1.54, 1.807) is 23.1 Å². The van der Waals surface area contributed by atoms with Gasteiger partial charge in [-0.3, -0.25) is 9.69 Å². The van der Waals surface area contributed by atoms with E-state index in [4.69, 9.17) is 10.5 Å². The molecule has 0 spiro atoms. The maximum absolute atomic E-state index is 13.8. The molecule has 2 aliphatic rings. The van der Waals surface area contributed by atoms with Crippen molar-refractivity contribution in [3.05, 3.63) is 53.1 Å². The molecule has 4 rings (SSSR count). The van der Waals surface area contributed by atoms with E-state index in [9.17, 15) is 14.9 Å². The largest absolute Gasteiger partial charge is 0.495 e. The molecule has 0 radical (unpaired) electrons. The van der Waals surface area contributed by atoms with Crippen LogP contribution in [0.25, 0.3) is 0 Å². The lowest BCUT2D eigenvalue weighted by Crippen LogP contribution is -2.52. The number of nitrogens with zero attached hydrogens (tertiary/aromatic N) is 3. The molecule has 0 unspecified atom stereocenters. The van der Waals surface area contributed by atoms with Crippen LogP contribution in [0.5, 0.6) is 5.75 Å². The zero-order chi connectivity index (χ0) is 23.0. The van der Waals surface area contributed by atoms with Crippen molar-refractivity contribution in [1.82, 2.24) is 4.90 Å². The Morgan fingerprint density at radius 2 is 1.97 bits per heavy atom. The first-order valence-corrected chi connectivity index (χ1v) is 10.9. The number of urea groups is 1. The van der Waals surface area contributed by atoms with Crippen molar-refractivity contribution in [3.63, 3.8) is 0 Å². The predicted molar refractivity (Wildman–Crippen MR) is 122 cm³/mol. The van der Waals surface area contributed by atoms with Crippen molar-refractivity contribution in [2.75, 3.05) is 12.0 Å². The van der Waals surface area contributed by atoms with Gasteiger partial charge in [0.2, 0.25) is 5.91 Å². The summed E-state index contributed by atoms with van der Waals surface area (Å²) in [6, 6.07) is 13.2. The Labute approximate surface area is 188 Å². The fourth-order valence-electron chi connectivity index (χ4n) is 4.83. The van der Waals surface area contributed by atoms with Gasteiger partial charge in [0.15, 0.2) is 0 Å². The summed E-state index contributed by atoms with van der Waals surface area (Å²) in [5, 5.41) is 9.55. The molecule has 0 saturated heterocycles. The maximum atomic E-state index is 13.8. The van der Waals surface area contributed by atoms with E-state index in [1.165, 1.54) is 7.11 Å². The van der Waals surface area contributed by atoms with E-state index < -0.39 is 5.41 Å². The molecule has 7 nitrogen and oxygen atoms in total. The Hall–Kier alpha value is -3.53. The lowest BCUT2D eigenvalue weighted by molar-refractivity contribution is -0.129. The molecule has 0 bridgehead atoms. The second-order valence-corrected chi connectivity index (χ2v) is 8.97. The van der Waals surface area contributed by atoms with Crippen molar-refractivity contribution < 1.29 is 14.3 Å². The first-order valence-electron chi connectivity index (χ1n) is 10.9. The summed E-state index contributed by atoms with van der Waals surface area (Å²) in [6.45, 7) is 4.48. The summed E-state index contributed by atoms with van der Waals surface area (Å²) in [5.74, 6) is 0.200. The number of ether oxygens (including phenoxy) is 1. The summed E-state index contributed by atoms with van der Waals surface area (Å²) in [4.78, 5) is 29.3. The lowest BCUT2D eigenvalue weighted by atomic mass is 9.73. The third-order valence-electron chi connectivity index (χ3n) is 7.05. The molecule has 32 heavy (non-hydrogen) atoms. The number of nitrogens with two attached hydrogens (primary N) is 1. The van der Waals surface area contributed by atoms with Crippen molar-refractivity contribution in [3.8, 4) is 11.8 Å². The number of carbonyl (C=O) groups excluding carboxylic acids is 2. The molecule has 166 valence electrons. The van der Waals surface area contributed by atoms with Crippen LogP contribution in [0.2, 0.25) is 0 Å². The van der Waals surface area contributed by atoms with Gasteiger partial charge in [-0.2, -0.15) is 5.26 Å². The number of nitriles is 1. The number of primary amides is 1. The van der Waals surface area contributed by atoms with Crippen LogP contribution in [-0.2, 0) is 11.3 Å². The number of anilines is 2. The van der Waals surface area contributed by atoms with Crippen LogP contribution >= 0.6 is 0 Å². The van der Waals surface area contributed by atoms with Crippen LogP contribution in [0, 0.1) is 23.7 Å². The van der Waals surface area contributed by atoms with Gasteiger partial charge in [0.25, 0.3) is 0 Å². The quantitative estimate of drug-likeness (QED) is 0.775. The topological polar surface area (TPSA) is 99.7 Å². The minimum Gasteiger partial charge on any atom is -0.495 e. The number of benzene rings is 2. The van der Waals surface area contributed by atoms with E-state index in [1.807, 2.05) is 36.9 Å². The van der Waals surface area contributed by atoms with Crippen LogP contribution in [0.4, 0.5) is 16.2 Å². The summed E-state index contributed by atoms with van der Waals surface area (Å²) in [5.41, 5.74) is 9.14. The number of carbonyl (C=O) groups is 2. The Morgan fingerprint density at radius 3 is 2.59 bits per heavy atom. The van der Waals surface area contributed by atoms with Gasteiger partial charge in [0, 0.05) is 11.5 Å². The first kappa shape index (κ1) is 21.7. The van der Waals surface area contributed by atoms with Crippen molar-refractivity contribution in [2.45, 2.75) is 52.1 Å². The van der Waals surface area contributed by atoms with Gasteiger partial charge in [-0.05, 0) is 68.0 Å². The molecule has 1 fully saturated rings. The van der Waals surface area contributed by atoms with Crippen molar-refractivity contribution in [1.29, 1.82) is 5.26 Å². The molecule has 2 N–H and O–H groups in total. The highest BCUT2D eigenvalue weighted by atomic mass is 16.5. The van der Waals surface area contributed by atoms with Gasteiger partial charge in [-0.1, -0.05) is 19.1 Å². The van der Waals surface area contributed by atoms with Crippen LogP contribution < -0.4 is 15.4 Å². The maximum Gasteiger partial charge on any atom is 0.329 e. The van der Waals surface area contributed by atoms with E-state index in [2.05, 4.69) is 6.07 Å². The molecule has 0 atom stereocenters. The van der Waals surface area contributed by atoms with Gasteiger partial charge in [0.1, 0.15) is 11.8 Å². The smallest absolute Gasteiger partial charge is 0.329 e. The SMILES string of the molecule is COc1ccc(N2C(=O)N(C3CCC(C)(C(N)=O)CC3)Cc3c(C)cccc32)cc1C#N. The standard InChI is InChI=1S/C25H28N4O3/c1-16-5-4-6-21-20(16)15-28(18-9-11-25(2,12-10-18)23(27)30)24(31)29(21)19-7-8-22(32-3)17(13-19)14-26/h4-8,13,18H,9-12,15H2,1-3H3,(H2,27,30). The van der Waals surface area contributed by atoms with Gasteiger partial charge >= 0.3 is 6.03 Å². The van der Waals surface area contributed by atoms with Crippen molar-refractivity contribution in [2.24, 2.45) is 11.1 Å². The minimum atomic E-state index is -0.513. The Balaban J connectivity index is 1.73. The molecule has 1 aliphatic heterocycles. The zero-order valence-corrected chi connectivity index (χ0v) is 18.7. The van der Waals surface area contributed by atoms with E-state index >= 15 is 0 Å².